The lowest BCUT2D eigenvalue weighted by Gasteiger charge is -2.34. The maximum Gasteiger partial charge on any atom is 0.227 e. The molecule has 0 bridgehead atoms. The highest BCUT2D eigenvalue weighted by molar-refractivity contribution is 5.80. The number of hydrogen-bond acceptors (Lipinski definition) is 4. The van der Waals surface area contributed by atoms with Crippen LogP contribution in [0.3, 0.4) is 0 Å². The number of carbonyl (C=O) groups is 1. The number of amides is 1. The van der Waals surface area contributed by atoms with Crippen LogP contribution in [0.2, 0.25) is 0 Å². The van der Waals surface area contributed by atoms with Crippen molar-refractivity contribution in [3.05, 3.63) is 47.8 Å². The number of aromatic nitrogens is 2. The number of likely N-dealkylation sites (tertiary alicyclic amines) is 1. The Labute approximate surface area is 160 Å². The van der Waals surface area contributed by atoms with Crippen molar-refractivity contribution in [3.63, 3.8) is 0 Å². The summed E-state index contributed by atoms with van der Waals surface area (Å²) >= 11 is 0. The van der Waals surface area contributed by atoms with Crippen LogP contribution < -0.4 is 10.1 Å². The number of methoxy groups -OCH3 is 1. The molecular formula is C21H28N4O2. The van der Waals surface area contributed by atoms with Gasteiger partial charge in [0.1, 0.15) is 5.75 Å². The number of hydrogen-bond donors (Lipinski definition) is 1. The maximum atomic E-state index is 13.2. The number of rotatable bonds is 4. The smallest absolute Gasteiger partial charge is 0.227 e. The van der Waals surface area contributed by atoms with Crippen LogP contribution in [0, 0.1) is 5.92 Å². The molecule has 27 heavy (non-hydrogen) atoms. The highest BCUT2D eigenvalue weighted by Gasteiger charge is 2.38. The van der Waals surface area contributed by atoms with E-state index in [1.54, 1.807) is 7.11 Å². The molecule has 144 valence electrons. The minimum Gasteiger partial charge on any atom is -0.497 e. The van der Waals surface area contributed by atoms with Crippen molar-refractivity contribution in [2.24, 2.45) is 13.0 Å². The molecule has 4 rings (SSSR count). The Kier molecular flexibility index (Phi) is 5.16. The topological polar surface area (TPSA) is 59.4 Å². The second kappa shape index (κ2) is 7.72. The molecule has 0 spiro atoms. The van der Waals surface area contributed by atoms with Crippen molar-refractivity contribution in [2.45, 2.75) is 24.7 Å². The molecule has 1 aromatic heterocycles. The van der Waals surface area contributed by atoms with E-state index in [1.807, 2.05) is 36.3 Å². The van der Waals surface area contributed by atoms with Gasteiger partial charge in [0, 0.05) is 45.3 Å². The van der Waals surface area contributed by atoms with Crippen molar-refractivity contribution >= 4 is 5.91 Å². The van der Waals surface area contributed by atoms with E-state index >= 15 is 0 Å². The highest BCUT2D eigenvalue weighted by atomic mass is 16.5. The van der Waals surface area contributed by atoms with Crippen LogP contribution >= 0.6 is 0 Å². The van der Waals surface area contributed by atoms with Gasteiger partial charge in [0.15, 0.2) is 0 Å². The van der Waals surface area contributed by atoms with Gasteiger partial charge in [-0.3, -0.25) is 9.48 Å². The van der Waals surface area contributed by atoms with Gasteiger partial charge in [0.2, 0.25) is 5.91 Å². The van der Waals surface area contributed by atoms with Gasteiger partial charge in [-0.2, -0.15) is 5.10 Å². The molecule has 2 aromatic rings. The average Bonchev–Trinajstić information content (AvgIpc) is 3.36. The summed E-state index contributed by atoms with van der Waals surface area (Å²) in [4.78, 5) is 15.2. The molecule has 1 aromatic carbocycles. The fourth-order valence-electron chi connectivity index (χ4n) is 4.48. The SMILES string of the molecule is COc1cccc(C2CCN(C(=O)[C@H]3CNC[C@@H]3c3cnn(C)c3)CC2)c1. The summed E-state index contributed by atoms with van der Waals surface area (Å²) in [6.07, 6.45) is 5.95. The Morgan fingerprint density at radius 2 is 2.04 bits per heavy atom. The Bertz CT molecular complexity index is 795. The van der Waals surface area contributed by atoms with E-state index in [0.29, 0.717) is 5.92 Å². The van der Waals surface area contributed by atoms with Crippen molar-refractivity contribution in [3.8, 4) is 5.75 Å². The number of aryl methyl sites for hydroxylation is 1. The first kappa shape index (κ1) is 18.0. The fraction of sp³-hybridized carbons (Fsp3) is 0.524. The van der Waals surface area contributed by atoms with E-state index in [9.17, 15) is 4.79 Å². The molecule has 2 saturated heterocycles. The van der Waals surface area contributed by atoms with Gasteiger partial charge in [-0.15, -0.1) is 0 Å². The number of benzene rings is 1. The Hall–Kier alpha value is -2.34. The zero-order valence-electron chi connectivity index (χ0n) is 16.1. The minimum atomic E-state index is 0.0163. The number of nitrogens with one attached hydrogen (secondary N) is 1. The molecule has 0 unspecified atom stereocenters. The zero-order valence-corrected chi connectivity index (χ0v) is 16.1. The second-order valence-electron chi connectivity index (χ2n) is 7.69. The summed E-state index contributed by atoms with van der Waals surface area (Å²) < 4.78 is 7.16. The summed E-state index contributed by atoms with van der Waals surface area (Å²) in [6.45, 7) is 3.27. The minimum absolute atomic E-state index is 0.0163. The van der Waals surface area contributed by atoms with Gasteiger partial charge in [0.25, 0.3) is 0 Å². The summed E-state index contributed by atoms with van der Waals surface area (Å²) in [7, 11) is 3.63. The van der Waals surface area contributed by atoms with E-state index in [-0.39, 0.29) is 17.7 Å². The van der Waals surface area contributed by atoms with Crippen LogP contribution in [0.25, 0.3) is 0 Å². The van der Waals surface area contributed by atoms with Crippen LogP contribution in [0.1, 0.15) is 35.8 Å². The van der Waals surface area contributed by atoms with Gasteiger partial charge in [0.05, 0.1) is 19.2 Å². The van der Waals surface area contributed by atoms with Gasteiger partial charge >= 0.3 is 0 Å². The Balaban J connectivity index is 1.39. The molecule has 2 aliphatic rings. The Morgan fingerprint density at radius 3 is 2.74 bits per heavy atom. The molecule has 2 aliphatic heterocycles. The highest BCUT2D eigenvalue weighted by Crippen LogP contribution is 2.33. The quantitative estimate of drug-likeness (QED) is 0.898. The van der Waals surface area contributed by atoms with Crippen LogP contribution in [0.5, 0.6) is 5.75 Å². The van der Waals surface area contributed by atoms with E-state index in [1.165, 1.54) is 5.56 Å². The monoisotopic (exact) mass is 368 g/mol. The third-order valence-electron chi connectivity index (χ3n) is 6.06. The Morgan fingerprint density at radius 1 is 1.22 bits per heavy atom. The van der Waals surface area contributed by atoms with Gasteiger partial charge in [-0.25, -0.2) is 0 Å². The second-order valence-corrected chi connectivity index (χ2v) is 7.69. The van der Waals surface area contributed by atoms with E-state index in [2.05, 4.69) is 27.4 Å². The largest absolute Gasteiger partial charge is 0.497 e. The summed E-state index contributed by atoms with van der Waals surface area (Å²) in [5.41, 5.74) is 2.48. The first-order valence-corrected chi connectivity index (χ1v) is 9.77. The summed E-state index contributed by atoms with van der Waals surface area (Å²) in [5, 5.41) is 7.68. The number of nitrogens with zero attached hydrogens (tertiary/aromatic N) is 3. The summed E-state index contributed by atoms with van der Waals surface area (Å²) in [6, 6.07) is 8.33. The molecular weight excluding hydrogens is 340 g/mol. The molecule has 6 heteroatoms. The molecule has 2 fully saturated rings. The van der Waals surface area contributed by atoms with E-state index in [0.717, 1.165) is 50.3 Å². The lowest BCUT2D eigenvalue weighted by molar-refractivity contribution is -0.136. The number of piperidine rings is 1. The number of ether oxygens (including phenoxy) is 1. The van der Waals surface area contributed by atoms with E-state index < -0.39 is 0 Å². The molecule has 1 N–H and O–H groups in total. The third-order valence-corrected chi connectivity index (χ3v) is 6.06. The molecule has 6 nitrogen and oxygen atoms in total. The van der Waals surface area contributed by atoms with Crippen molar-refractivity contribution in [1.82, 2.24) is 20.0 Å². The van der Waals surface area contributed by atoms with Crippen molar-refractivity contribution < 1.29 is 9.53 Å². The molecule has 3 heterocycles. The van der Waals surface area contributed by atoms with Gasteiger partial charge in [-0.05, 0) is 42.0 Å². The third kappa shape index (κ3) is 3.72. The molecule has 0 aliphatic carbocycles. The first-order chi connectivity index (χ1) is 13.2. The van der Waals surface area contributed by atoms with Crippen LogP contribution in [-0.4, -0.2) is 53.9 Å². The predicted octanol–water partition coefficient (Wildman–Crippen LogP) is 2.14. The zero-order chi connectivity index (χ0) is 18.8. The molecule has 2 atom stereocenters. The molecule has 1 amide bonds. The first-order valence-electron chi connectivity index (χ1n) is 9.77. The van der Waals surface area contributed by atoms with E-state index in [4.69, 9.17) is 4.74 Å². The normalized spacial score (nSPS) is 23.6. The van der Waals surface area contributed by atoms with Gasteiger partial charge in [-0.1, -0.05) is 12.1 Å². The fourth-order valence-corrected chi connectivity index (χ4v) is 4.48. The standard InChI is InChI=1S/C21H28N4O2/c1-24-14-17(11-23-24)19-12-22-13-20(19)21(26)25-8-6-15(7-9-25)16-4-3-5-18(10-16)27-2/h3-5,10-11,14-15,19-20,22H,6-9,12-13H2,1-2H3/t19-,20+/m1/s1. The lowest BCUT2D eigenvalue weighted by Crippen LogP contribution is -2.43. The van der Waals surface area contributed by atoms with Crippen LogP contribution in [-0.2, 0) is 11.8 Å². The number of carbonyl (C=O) groups excluding carboxylic acids is 1. The van der Waals surface area contributed by atoms with Crippen LogP contribution in [0.15, 0.2) is 36.7 Å². The van der Waals surface area contributed by atoms with Gasteiger partial charge < -0.3 is 15.0 Å². The maximum absolute atomic E-state index is 13.2. The van der Waals surface area contributed by atoms with Crippen molar-refractivity contribution in [2.75, 3.05) is 33.3 Å². The summed E-state index contributed by atoms with van der Waals surface area (Å²) in [5.74, 6) is 1.94. The average molecular weight is 368 g/mol. The predicted molar refractivity (Wildman–Crippen MR) is 104 cm³/mol. The lowest BCUT2D eigenvalue weighted by atomic mass is 9.86. The van der Waals surface area contributed by atoms with Crippen LogP contribution in [0.4, 0.5) is 0 Å². The van der Waals surface area contributed by atoms with Crippen molar-refractivity contribution in [1.29, 1.82) is 0 Å². The molecule has 0 radical (unpaired) electrons. The molecule has 0 saturated carbocycles.